The molecule has 2 aromatic carbocycles. The summed E-state index contributed by atoms with van der Waals surface area (Å²) >= 11 is 13.3. The number of nitrogens with zero attached hydrogens (tertiary/aromatic N) is 4. The fourth-order valence-corrected chi connectivity index (χ4v) is 3.57. The maximum Gasteiger partial charge on any atom is 0.237 e. The van der Waals surface area contributed by atoms with E-state index in [9.17, 15) is 4.79 Å². The van der Waals surface area contributed by atoms with Crippen LogP contribution in [0.25, 0.3) is 5.69 Å². The lowest BCUT2D eigenvalue weighted by molar-refractivity contribution is -0.115. The Morgan fingerprint density at radius 2 is 1.93 bits per heavy atom. The molecule has 0 spiro atoms. The molecule has 1 unspecified atom stereocenters. The molecular weight excluding hydrogens is 405 g/mol. The van der Waals surface area contributed by atoms with Crippen molar-refractivity contribution in [3.8, 4) is 5.69 Å². The molecule has 0 fully saturated rings. The number of aryl methyl sites for hydroxylation is 2. The van der Waals surface area contributed by atoms with Crippen molar-refractivity contribution < 1.29 is 4.79 Å². The number of nitrogens with one attached hydrogen (secondary N) is 1. The maximum atomic E-state index is 12.5. The summed E-state index contributed by atoms with van der Waals surface area (Å²) in [7, 11) is 0. The molecule has 0 saturated carbocycles. The lowest BCUT2D eigenvalue weighted by Crippen LogP contribution is -2.23. The third-order valence-electron chi connectivity index (χ3n) is 4.02. The maximum absolute atomic E-state index is 12.5. The Bertz CT molecular complexity index is 992. The standard InChI is InChI=1S/C18H17Cl2N5OS/c1-10-4-6-14(8-11(10)2)25-18(22-23-24-25)27-12(3)17(26)21-16-7-5-13(19)9-15(16)20/h4-9,12H,1-3H3,(H,21,26). The molecule has 6 nitrogen and oxygen atoms in total. The summed E-state index contributed by atoms with van der Waals surface area (Å²) in [5.41, 5.74) is 3.68. The van der Waals surface area contributed by atoms with Gasteiger partial charge in [0.2, 0.25) is 11.1 Å². The highest BCUT2D eigenvalue weighted by molar-refractivity contribution is 8.00. The quantitative estimate of drug-likeness (QED) is 0.604. The van der Waals surface area contributed by atoms with Crippen LogP contribution in [-0.4, -0.2) is 31.4 Å². The number of aromatic nitrogens is 4. The number of amides is 1. The molecule has 1 heterocycles. The molecule has 0 aliphatic heterocycles. The van der Waals surface area contributed by atoms with E-state index >= 15 is 0 Å². The third kappa shape index (κ3) is 4.61. The summed E-state index contributed by atoms with van der Waals surface area (Å²) in [6, 6.07) is 10.9. The molecule has 27 heavy (non-hydrogen) atoms. The van der Waals surface area contributed by atoms with Gasteiger partial charge in [-0.25, -0.2) is 0 Å². The van der Waals surface area contributed by atoms with Crippen LogP contribution in [0, 0.1) is 13.8 Å². The van der Waals surface area contributed by atoms with Gasteiger partial charge >= 0.3 is 0 Å². The second-order valence-corrected chi connectivity index (χ2v) is 8.17. The van der Waals surface area contributed by atoms with Crippen molar-refractivity contribution in [2.24, 2.45) is 0 Å². The zero-order valence-corrected chi connectivity index (χ0v) is 17.2. The van der Waals surface area contributed by atoms with Crippen LogP contribution in [0.1, 0.15) is 18.1 Å². The monoisotopic (exact) mass is 421 g/mol. The summed E-state index contributed by atoms with van der Waals surface area (Å²) < 4.78 is 1.62. The molecule has 0 radical (unpaired) electrons. The fourth-order valence-electron chi connectivity index (χ4n) is 2.31. The van der Waals surface area contributed by atoms with Crippen LogP contribution in [0.4, 0.5) is 5.69 Å². The number of carbonyl (C=O) groups excluding carboxylic acids is 1. The molecule has 1 N–H and O–H groups in total. The molecule has 1 aromatic heterocycles. The van der Waals surface area contributed by atoms with Crippen LogP contribution in [0.15, 0.2) is 41.6 Å². The Hall–Kier alpha value is -2.09. The van der Waals surface area contributed by atoms with Gasteiger partial charge < -0.3 is 5.32 Å². The van der Waals surface area contributed by atoms with Crippen LogP contribution in [0.2, 0.25) is 10.0 Å². The van der Waals surface area contributed by atoms with Crippen molar-refractivity contribution in [3.63, 3.8) is 0 Å². The highest BCUT2D eigenvalue weighted by atomic mass is 35.5. The number of thioether (sulfide) groups is 1. The van der Waals surface area contributed by atoms with Crippen LogP contribution in [-0.2, 0) is 4.79 Å². The smallest absolute Gasteiger partial charge is 0.237 e. The first-order chi connectivity index (χ1) is 12.8. The molecule has 1 atom stereocenters. The largest absolute Gasteiger partial charge is 0.324 e. The zero-order chi connectivity index (χ0) is 19.6. The van der Waals surface area contributed by atoms with Gasteiger partial charge in [0.1, 0.15) is 0 Å². The predicted molar refractivity (Wildman–Crippen MR) is 109 cm³/mol. The number of halogens is 2. The van der Waals surface area contributed by atoms with Gasteiger partial charge in [-0.1, -0.05) is 41.0 Å². The normalized spacial score (nSPS) is 12.0. The topological polar surface area (TPSA) is 72.7 Å². The number of anilines is 1. The zero-order valence-electron chi connectivity index (χ0n) is 14.9. The molecule has 0 bridgehead atoms. The van der Waals surface area contributed by atoms with Gasteiger partial charge in [-0.3, -0.25) is 4.79 Å². The van der Waals surface area contributed by atoms with Crippen molar-refractivity contribution in [1.82, 2.24) is 20.2 Å². The van der Waals surface area contributed by atoms with Gasteiger partial charge in [0.25, 0.3) is 0 Å². The molecule has 0 aliphatic rings. The fraction of sp³-hybridized carbons (Fsp3) is 0.222. The van der Waals surface area contributed by atoms with E-state index in [1.54, 1.807) is 29.8 Å². The van der Waals surface area contributed by atoms with E-state index < -0.39 is 5.25 Å². The molecule has 0 aliphatic carbocycles. The van der Waals surface area contributed by atoms with Gasteiger partial charge in [0, 0.05) is 5.02 Å². The Labute approximate surface area is 171 Å². The molecular formula is C18H17Cl2N5OS. The summed E-state index contributed by atoms with van der Waals surface area (Å²) in [5.74, 6) is -0.209. The third-order valence-corrected chi connectivity index (χ3v) is 5.60. The molecule has 3 rings (SSSR count). The SMILES string of the molecule is Cc1ccc(-n2nnnc2SC(C)C(=O)Nc2ccc(Cl)cc2Cl)cc1C. The average Bonchev–Trinajstić information content (AvgIpc) is 3.07. The molecule has 9 heteroatoms. The minimum absolute atomic E-state index is 0.209. The first kappa shape index (κ1) is 19.7. The second-order valence-electron chi connectivity index (χ2n) is 6.02. The molecule has 3 aromatic rings. The van der Waals surface area contributed by atoms with E-state index in [0.717, 1.165) is 11.3 Å². The number of hydrogen-bond acceptors (Lipinski definition) is 5. The van der Waals surface area contributed by atoms with E-state index in [4.69, 9.17) is 23.2 Å². The van der Waals surface area contributed by atoms with Crippen LogP contribution in [0.3, 0.4) is 0 Å². The van der Waals surface area contributed by atoms with E-state index in [2.05, 4.69) is 20.8 Å². The van der Waals surface area contributed by atoms with Crippen LogP contribution < -0.4 is 5.32 Å². The first-order valence-corrected chi connectivity index (χ1v) is 9.77. The summed E-state index contributed by atoms with van der Waals surface area (Å²) in [6.07, 6.45) is 0. The number of benzene rings is 2. The van der Waals surface area contributed by atoms with Gasteiger partial charge in [-0.2, -0.15) is 4.68 Å². The summed E-state index contributed by atoms with van der Waals surface area (Å²) in [5, 5.41) is 15.6. The molecule has 0 saturated heterocycles. The van der Waals surface area contributed by atoms with Crippen LogP contribution >= 0.6 is 35.0 Å². The van der Waals surface area contributed by atoms with E-state index in [1.807, 2.05) is 32.0 Å². The van der Waals surface area contributed by atoms with Crippen LogP contribution in [0.5, 0.6) is 0 Å². The number of tetrazole rings is 1. The molecule has 1 amide bonds. The van der Waals surface area contributed by atoms with Crippen molar-refractivity contribution in [1.29, 1.82) is 0 Å². The number of carbonyl (C=O) groups is 1. The highest BCUT2D eigenvalue weighted by Crippen LogP contribution is 2.28. The predicted octanol–water partition coefficient (Wildman–Crippen LogP) is 4.71. The Morgan fingerprint density at radius 1 is 1.15 bits per heavy atom. The number of rotatable bonds is 5. The minimum Gasteiger partial charge on any atom is -0.324 e. The Balaban J connectivity index is 1.74. The van der Waals surface area contributed by atoms with Crippen molar-refractivity contribution >= 4 is 46.6 Å². The van der Waals surface area contributed by atoms with Gasteiger partial charge in [-0.15, -0.1) is 5.10 Å². The van der Waals surface area contributed by atoms with Crippen molar-refractivity contribution in [2.45, 2.75) is 31.2 Å². The van der Waals surface area contributed by atoms with E-state index in [1.165, 1.54) is 17.3 Å². The number of hydrogen-bond donors (Lipinski definition) is 1. The summed E-state index contributed by atoms with van der Waals surface area (Å²) in [6.45, 7) is 5.85. The second kappa shape index (κ2) is 8.29. The highest BCUT2D eigenvalue weighted by Gasteiger charge is 2.20. The Morgan fingerprint density at radius 3 is 2.63 bits per heavy atom. The lowest BCUT2D eigenvalue weighted by atomic mass is 10.1. The summed E-state index contributed by atoms with van der Waals surface area (Å²) in [4.78, 5) is 12.5. The Kier molecular flexibility index (Phi) is 6.04. The van der Waals surface area contributed by atoms with Gasteiger partial charge in [0.05, 0.1) is 21.6 Å². The molecule has 140 valence electrons. The van der Waals surface area contributed by atoms with E-state index in [-0.39, 0.29) is 5.91 Å². The van der Waals surface area contributed by atoms with Crippen molar-refractivity contribution in [2.75, 3.05) is 5.32 Å². The van der Waals surface area contributed by atoms with Gasteiger partial charge in [0.15, 0.2) is 0 Å². The minimum atomic E-state index is -0.437. The van der Waals surface area contributed by atoms with Gasteiger partial charge in [-0.05, 0) is 72.7 Å². The van der Waals surface area contributed by atoms with E-state index in [0.29, 0.717) is 20.9 Å². The van der Waals surface area contributed by atoms with Crippen molar-refractivity contribution in [3.05, 3.63) is 57.6 Å². The lowest BCUT2D eigenvalue weighted by Gasteiger charge is -2.13. The first-order valence-electron chi connectivity index (χ1n) is 8.13. The average molecular weight is 422 g/mol.